The molecule has 0 saturated carbocycles. The minimum atomic E-state index is -0.642. The molecule has 0 saturated heterocycles. The molecule has 0 heterocycles. The van der Waals surface area contributed by atoms with E-state index >= 15 is 0 Å². The molecule has 4 heteroatoms. The number of ether oxygens (including phenoxy) is 1. The van der Waals surface area contributed by atoms with Gasteiger partial charge in [-0.15, -0.1) is 0 Å². The van der Waals surface area contributed by atoms with E-state index in [2.05, 4.69) is 0 Å². The van der Waals surface area contributed by atoms with Crippen LogP contribution in [0.15, 0.2) is 30.3 Å². The van der Waals surface area contributed by atoms with Crippen LogP contribution in [-0.2, 0) is 20.7 Å². The number of nitrogens with one attached hydrogen (secondary N) is 1. The third kappa shape index (κ3) is 5.26. The Kier molecular flexibility index (Phi) is 5.25. The van der Waals surface area contributed by atoms with Crippen molar-refractivity contribution in [1.29, 1.82) is 0 Å². The van der Waals surface area contributed by atoms with E-state index in [1.807, 2.05) is 30.3 Å². The summed E-state index contributed by atoms with van der Waals surface area (Å²) in [5.41, 5.74) is 0.954. The van der Waals surface area contributed by atoms with Crippen LogP contribution in [0.3, 0.4) is 0 Å². The topological polar surface area (TPSA) is 55.4 Å². The summed E-state index contributed by atoms with van der Waals surface area (Å²) >= 11 is 0. The van der Waals surface area contributed by atoms with Crippen molar-refractivity contribution in [3.63, 3.8) is 0 Å². The summed E-state index contributed by atoms with van der Waals surface area (Å²) < 4.78 is 12.4. The minimum Gasteiger partial charge on any atom is -0.465 e. The Bertz CT molecular complexity index is 383. The van der Waals surface area contributed by atoms with Gasteiger partial charge in [-0.25, -0.2) is 0 Å². The summed E-state index contributed by atoms with van der Waals surface area (Å²) in [4.78, 5) is 22.2. The number of hydrogen-bond donors (Lipinski definition) is 1. The van der Waals surface area contributed by atoms with E-state index in [4.69, 9.17) is 6.15 Å². The van der Waals surface area contributed by atoms with Crippen molar-refractivity contribution in [2.75, 3.05) is 13.2 Å². The fraction of sp³-hybridized carbons (Fsp3) is 0.385. The zero-order valence-corrected chi connectivity index (χ0v) is 9.83. The first kappa shape index (κ1) is 11.8. The number of benzene rings is 1. The number of esters is 1. The molecule has 1 aromatic carbocycles. The number of carbonyl (C=O) groups excluding carboxylic acids is 2. The molecule has 1 aromatic rings. The lowest BCUT2D eigenvalue weighted by Crippen LogP contribution is -2.37. The molecule has 0 fully saturated rings. The van der Waals surface area contributed by atoms with Crippen LogP contribution in [0.4, 0.5) is 0 Å². The van der Waals surface area contributed by atoms with Crippen LogP contribution in [0.5, 0.6) is 0 Å². The smallest absolute Gasteiger partial charge is 0.319 e. The molecule has 1 N–H and O–H groups in total. The Morgan fingerprint density at radius 2 is 2.24 bits per heavy atom. The second-order valence-corrected chi connectivity index (χ2v) is 3.54. The Hall–Kier alpha value is -1.68. The number of aldehydes is 1. The lowest BCUT2D eigenvalue weighted by molar-refractivity contribution is -0.142. The van der Waals surface area contributed by atoms with Crippen LogP contribution < -0.4 is 5.31 Å². The molecular weight excluding hydrogens is 218 g/mol. The molecule has 17 heavy (non-hydrogen) atoms. The van der Waals surface area contributed by atoms with Gasteiger partial charge in [0.1, 0.15) is 7.70 Å². The normalized spacial score (nSPS) is 12.9. The van der Waals surface area contributed by atoms with E-state index in [1.165, 1.54) is 0 Å². The first-order chi connectivity index (χ1) is 8.67. The van der Waals surface area contributed by atoms with Gasteiger partial charge in [0.15, 0.2) is 0 Å². The molecule has 0 aliphatic heterocycles. The highest BCUT2D eigenvalue weighted by molar-refractivity contribution is 5.72. The van der Waals surface area contributed by atoms with Gasteiger partial charge in [0.05, 0.1) is 19.2 Å². The fourth-order valence-corrected chi connectivity index (χ4v) is 1.41. The summed E-state index contributed by atoms with van der Waals surface area (Å²) in [7, 11) is 0. The van der Waals surface area contributed by atoms with Gasteiger partial charge in [-0.3, -0.25) is 10.1 Å². The molecule has 0 aliphatic rings. The van der Waals surface area contributed by atoms with Gasteiger partial charge in [0, 0.05) is 0 Å². The summed E-state index contributed by atoms with van der Waals surface area (Å²) in [6.07, 6.45) is 1.09. The first-order valence-electron chi connectivity index (χ1n) is 6.02. The van der Waals surface area contributed by atoms with E-state index in [1.54, 1.807) is 6.92 Å². The Labute approximate surface area is 102 Å². The molecule has 4 nitrogen and oxygen atoms in total. The lowest BCUT2D eigenvalue weighted by atomic mass is 10.1. The van der Waals surface area contributed by atoms with Gasteiger partial charge in [0.2, 0.25) is 0 Å². The average Bonchev–Trinajstić information content (AvgIpc) is 2.37. The molecule has 0 unspecified atom stereocenters. The third-order valence-electron chi connectivity index (χ3n) is 2.20. The number of rotatable bonds is 7. The molecule has 0 aliphatic carbocycles. The summed E-state index contributed by atoms with van der Waals surface area (Å²) in [5.74, 6) is -0.493. The largest absolute Gasteiger partial charge is 0.465 e. The molecule has 1 atom stereocenters. The van der Waals surface area contributed by atoms with E-state index < -0.39 is 12.0 Å². The first-order valence-corrected chi connectivity index (χ1v) is 5.57. The minimum absolute atomic E-state index is 0.204. The van der Waals surface area contributed by atoms with Gasteiger partial charge in [-0.2, -0.15) is 0 Å². The molecule has 0 amide bonds. The van der Waals surface area contributed by atoms with Crippen LogP contribution in [0.25, 0.3) is 0 Å². The third-order valence-corrected chi connectivity index (χ3v) is 2.20. The Morgan fingerprint density at radius 1 is 1.53 bits per heavy atom. The number of carbonyl (C=O) groups is 2. The summed E-state index contributed by atoms with van der Waals surface area (Å²) in [6.45, 7) is 1.77. The van der Waals surface area contributed by atoms with E-state index in [9.17, 15) is 9.59 Å². The summed E-state index contributed by atoms with van der Waals surface area (Å²) in [6, 6.07) is 8.75. The zero-order chi connectivity index (χ0) is 13.4. The van der Waals surface area contributed by atoms with Crippen molar-refractivity contribution >= 4 is 12.3 Å². The second kappa shape index (κ2) is 7.57. The molecule has 92 valence electrons. The molecular formula is C13H17NO3. The molecule has 0 bridgehead atoms. The summed E-state index contributed by atoms with van der Waals surface area (Å²) in [5, 5.41) is 0.956. The van der Waals surface area contributed by atoms with Crippen LogP contribution in [0.2, 0.25) is 1.41 Å². The van der Waals surface area contributed by atoms with Gasteiger partial charge in [-0.1, -0.05) is 30.3 Å². The van der Waals surface area contributed by atoms with Crippen LogP contribution in [0.1, 0.15) is 12.5 Å². The maximum atomic E-state index is 11.2. The standard InChI is InChI=1S/C13H17NO3/c1-2-17-13(16)9-14-12(10-15)8-11-6-4-3-5-7-11/h3-7,10,12,14H,2,8-9H2,1H3/t12-/m1/s1/i/hD. The van der Waals surface area contributed by atoms with Gasteiger partial charge < -0.3 is 9.53 Å². The van der Waals surface area contributed by atoms with Crippen LogP contribution in [-0.4, -0.2) is 31.4 Å². The average molecular weight is 236 g/mol. The van der Waals surface area contributed by atoms with Crippen molar-refractivity contribution < 1.29 is 15.7 Å². The molecule has 0 radical (unpaired) electrons. The second-order valence-electron chi connectivity index (χ2n) is 3.54. The SMILES string of the molecule is [2H]N(CC(=O)OCC)[C@@H](C=O)Cc1ccccc1. The maximum absolute atomic E-state index is 11.2. The van der Waals surface area contributed by atoms with Crippen molar-refractivity contribution in [3.8, 4) is 0 Å². The molecule has 0 spiro atoms. The van der Waals surface area contributed by atoms with Crippen LogP contribution in [0, 0.1) is 0 Å². The Balaban J connectivity index is 2.55. The predicted molar refractivity (Wildman–Crippen MR) is 64.6 cm³/mol. The van der Waals surface area contributed by atoms with Crippen molar-refractivity contribution in [3.05, 3.63) is 35.9 Å². The highest BCUT2D eigenvalue weighted by Gasteiger charge is 2.10. The fourth-order valence-electron chi connectivity index (χ4n) is 1.41. The van der Waals surface area contributed by atoms with Crippen LogP contribution >= 0.6 is 0 Å². The molecule has 0 aromatic heterocycles. The molecule has 1 rings (SSSR count). The van der Waals surface area contributed by atoms with Crippen molar-refractivity contribution in [1.82, 2.24) is 5.31 Å². The highest BCUT2D eigenvalue weighted by atomic mass is 16.5. The Morgan fingerprint density at radius 3 is 2.82 bits per heavy atom. The van der Waals surface area contributed by atoms with E-state index in [0.717, 1.165) is 10.9 Å². The van der Waals surface area contributed by atoms with Crippen molar-refractivity contribution in [2.24, 2.45) is 0 Å². The van der Waals surface area contributed by atoms with Gasteiger partial charge in [0.25, 0.3) is 0 Å². The lowest BCUT2D eigenvalue weighted by Gasteiger charge is -2.11. The number of hydrogen-bond acceptors (Lipinski definition) is 4. The van der Waals surface area contributed by atoms with Gasteiger partial charge >= 0.3 is 5.97 Å². The maximum Gasteiger partial charge on any atom is 0.319 e. The zero-order valence-electron chi connectivity index (χ0n) is 10.8. The van der Waals surface area contributed by atoms with E-state index in [0.29, 0.717) is 12.7 Å². The van der Waals surface area contributed by atoms with Gasteiger partial charge in [-0.05, 0) is 18.9 Å². The quantitative estimate of drug-likeness (QED) is 0.565. The predicted octanol–water partition coefficient (Wildman–Crippen LogP) is 0.949. The monoisotopic (exact) mass is 236 g/mol. The van der Waals surface area contributed by atoms with Crippen molar-refractivity contribution in [2.45, 2.75) is 19.4 Å². The highest BCUT2D eigenvalue weighted by Crippen LogP contribution is 2.01. The van der Waals surface area contributed by atoms with E-state index in [-0.39, 0.29) is 13.2 Å².